The highest BCUT2D eigenvalue weighted by Crippen LogP contribution is 2.14. The van der Waals surface area contributed by atoms with Crippen LogP contribution in [0.15, 0.2) is 47.3 Å². The second-order valence-electron chi connectivity index (χ2n) is 7.23. The van der Waals surface area contributed by atoms with E-state index in [1.807, 2.05) is 6.07 Å². The summed E-state index contributed by atoms with van der Waals surface area (Å²) >= 11 is 0. The van der Waals surface area contributed by atoms with Crippen LogP contribution in [0.1, 0.15) is 34.6 Å². The number of aromatic amines is 1. The van der Waals surface area contributed by atoms with E-state index in [2.05, 4.69) is 20.6 Å². The summed E-state index contributed by atoms with van der Waals surface area (Å²) < 4.78 is 0. The molecule has 10 heteroatoms. The predicted octanol–water partition coefficient (Wildman–Crippen LogP) is 1.89. The highest BCUT2D eigenvalue weighted by Gasteiger charge is 2.21. The zero-order valence-electron chi connectivity index (χ0n) is 17.2. The van der Waals surface area contributed by atoms with Crippen molar-refractivity contribution in [1.82, 2.24) is 15.3 Å². The average Bonchev–Trinajstić information content (AvgIpc) is 2.75. The maximum atomic E-state index is 12.3. The van der Waals surface area contributed by atoms with Gasteiger partial charge in [-0.15, -0.1) is 0 Å². The molecule has 0 aliphatic carbocycles. The Labute approximate surface area is 182 Å². The van der Waals surface area contributed by atoms with Gasteiger partial charge < -0.3 is 25.8 Å². The van der Waals surface area contributed by atoms with Crippen molar-refractivity contribution in [1.29, 1.82) is 0 Å². The first-order chi connectivity index (χ1) is 15.2. The fourth-order valence-corrected chi connectivity index (χ4v) is 3.12. The lowest BCUT2D eigenvalue weighted by molar-refractivity contribution is -0.140. The largest absolute Gasteiger partial charge is 0.481 e. The molecule has 1 unspecified atom stereocenters. The van der Waals surface area contributed by atoms with Crippen LogP contribution in [0.5, 0.6) is 0 Å². The number of rotatable bonds is 9. The van der Waals surface area contributed by atoms with Gasteiger partial charge in [-0.3, -0.25) is 14.4 Å². The highest BCUT2D eigenvalue weighted by atomic mass is 16.4. The summed E-state index contributed by atoms with van der Waals surface area (Å²) in [6.45, 7) is 2.16. The van der Waals surface area contributed by atoms with E-state index in [0.717, 1.165) is 11.3 Å². The number of aromatic nitrogens is 2. The van der Waals surface area contributed by atoms with Crippen LogP contribution >= 0.6 is 0 Å². The fourth-order valence-electron chi connectivity index (χ4n) is 3.12. The second-order valence-corrected chi connectivity index (χ2v) is 7.23. The molecule has 1 amide bonds. The quantitative estimate of drug-likeness (QED) is 0.338. The second kappa shape index (κ2) is 9.73. The van der Waals surface area contributed by atoms with E-state index < -0.39 is 23.9 Å². The Kier molecular flexibility index (Phi) is 6.83. The third-order valence-electron chi connectivity index (χ3n) is 4.78. The number of carboxylic acid groups (broad SMARTS) is 2. The van der Waals surface area contributed by atoms with Crippen molar-refractivity contribution >= 4 is 34.4 Å². The molecular weight excluding hydrogens is 416 g/mol. The van der Waals surface area contributed by atoms with Crippen molar-refractivity contribution in [3.63, 3.8) is 0 Å². The minimum atomic E-state index is -1.29. The van der Waals surface area contributed by atoms with Crippen molar-refractivity contribution in [3.05, 3.63) is 69.8 Å². The Balaban J connectivity index is 1.62. The number of aliphatic carboxylic acids is 2. The predicted molar refractivity (Wildman–Crippen MR) is 117 cm³/mol. The SMILES string of the molecule is Cc1nc2ccc(CNc3ccc(C(=O)NC(CCC(=O)O)C(=O)O)cc3)cc2c(=O)[nH]1. The minimum Gasteiger partial charge on any atom is -0.481 e. The number of carboxylic acids is 2. The number of H-pyrrole nitrogens is 1. The summed E-state index contributed by atoms with van der Waals surface area (Å²) in [5.41, 5.74) is 2.26. The molecule has 3 rings (SSSR count). The van der Waals surface area contributed by atoms with Gasteiger partial charge in [-0.25, -0.2) is 9.78 Å². The van der Waals surface area contributed by atoms with Gasteiger partial charge in [-0.05, 0) is 55.3 Å². The number of benzene rings is 2. The van der Waals surface area contributed by atoms with Crippen molar-refractivity contribution in [2.45, 2.75) is 32.4 Å². The van der Waals surface area contributed by atoms with Crippen molar-refractivity contribution in [2.24, 2.45) is 0 Å². The van der Waals surface area contributed by atoms with Crippen molar-refractivity contribution in [2.75, 3.05) is 5.32 Å². The number of fused-ring (bicyclic) bond motifs is 1. The summed E-state index contributed by atoms with van der Waals surface area (Å²) in [6.07, 6.45) is -0.573. The molecule has 0 spiro atoms. The molecular formula is C22H22N4O6. The number of hydrogen-bond donors (Lipinski definition) is 5. The Bertz CT molecular complexity index is 1220. The van der Waals surface area contributed by atoms with Crippen molar-refractivity contribution in [3.8, 4) is 0 Å². The zero-order valence-corrected chi connectivity index (χ0v) is 17.2. The summed E-state index contributed by atoms with van der Waals surface area (Å²) in [6, 6.07) is 10.5. The van der Waals surface area contributed by atoms with Gasteiger partial charge in [0.25, 0.3) is 11.5 Å². The molecule has 0 aliphatic rings. The summed E-state index contributed by atoms with van der Waals surface area (Å²) in [5, 5.41) is 23.9. The number of hydrogen-bond acceptors (Lipinski definition) is 6. The first-order valence-corrected chi connectivity index (χ1v) is 9.82. The van der Waals surface area contributed by atoms with Crippen LogP contribution in [-0.4, -0.2) is 44.1 Å². The van der Waals surface area contributed by atoms with Gasteiger partial charge in [0.1, 0.15) is 11.9 Å². The lowest BCUT2D eigenvalue weighted by atomic mass is 10.1. The molecule has 0 fully saturated rings. The fraction of sp³-hybridized carbons (Fsp3) is 0.227. The van der Waals surface area contributed by atoms with Gasteiger partial charge in [0.2, 0.25) is 0 Å². The van der Waals surface area contributed by atoms with Crippen LogP contribution in [-0.2, 0) is 16.1 Å². The van der Waals surface area contributed by atoms with Gasteiger partial charge in [-0.1, -0.05) is 6.07 Å². The molecule has 0 saturated heterocycles. The smallest absolute Gasteiger partial charge is 0.326 e. The number of amides is 1. The molecule has 3 aromatic rings. The monoisotopic (exact) mass is 438 g/mol. The van der Waals surface area contributed by atoms with E-state index >= 15 is 0 Å². The van der Waals surface area contributed by atoms with Gasteiger partial charge in [0, 0.05) is 24.2 Å². The number of carbonyl (C=O) groups is 3. The third kappa shape index (κ3) is 5.69. The number of nitrogens with one attached hydrogen (secondary N) is 3. The van der Waals surface area contributed by atoms with Gasteiger partial charge in [0.05, 0.1) is 10.9 Å². The van der Waals surface area contributed by atoms with Crippen LogP contribution in [0, 0.1) is 6.92 Å². The topological polar surface area (TPSA) is 161 Å². The van der Waals surface area contributed by atoms with Gasteiger partial charge >= 0.3 is 11.9 Å². The van der Waals surface area contributed by atoms with Crippen LogP contribution in [0.3, 0.4) is 0 Å². The summed E-state index contributed by atoms with van der Waals surface area (Å²) in [7, 11) is 0. The lowest BCUT2D eigenvalue weighted by Crippen LogP contribution is -2.41. The molecule has 10 nitrogen and oxygen atoms in total. The number of carbonyl (C=O) groups excluding carboxylic acids is 1. The van der Waals surface area contributed by atoms with Gasteiger partial charge in [-0.2, -0.15) is 0 Å². The molecule has 0 radical (unpaired) electrons. The van der Waals surface area contributed by atoms with E-state index in [1.165, 1.54) is 12.1 Å². The summed E-state index contributed by atoms with van der Waals surface area (Å²) in [5.74, 6) is -2.49. The Morgan fingerprint density at radius 3 is 2.47 bits per heavy atom. The van der Waals surface area contributed by atoms with Crippen molar-refractivity contribution < 1.29 is 24.6 Å². The molecule has 1 heterocycles. The summed E-state index contributed by atoms with van der Waals surface area (Å²) in [4.78, 5) is 53.2. The van der Waals surface area contributed by atoms with E-state index in [-0.39, 0.29) is 24.0 Å². The molecule has 2 aromatic carbocycles. The Morgan fingerprint density at radius 1 is 1.09 bits per heavy atom. The van der Waals surface area contributed by atoms with Gasteiger partial charge in [0.15, 0.2) is 0 Å². The Morgan fingerprint density at radius 2 is 1.81 bits per heavy atom. The van der Waals surface area contributed by atoms with E-state index in [9.17, 15) is 19.2 Å². The van der Waals surface area contributed by atoms with E-state index in [4.69, 9.17) is 10.2 Å². The molecule has 0 aliphatic heterocycles. The average molecular weight is 438 g/mol. The van der Waals surface area contributed by atoms with Crippen LogP contribution in [0.4, 0.5) is 5.69 Å². The highest BCUT2D eigenvalue weighted by molar-refractivity contribution is 5.97. The molecule has 166 valence electrons. The normalized spacial score (nSPS) is 11.7. The molecule has 1 aromatic heterocycles. The minimum absolute atomic E-state index is 0.201. The van der Waals surface area contributed by atoms with E-state index in [0.29, 0.717) is 23.3 Å². The van der Waals surface area contributed by atoms with E-state index in [1.54, 1.807) is 31.2 Å². The molecule has 5 N–H and O–H groups in total. The Hall–Kier alpha value is -4.21. The molecule has 0 bridgehead atoms. The number of aryl methyl sites for hydroxylation is 1. The van der Waals surface area contributed by atoms with Crippen LogP contribution in [0.25, 0.3) is 10.9 Å². The molecule has 1 atom stereocenters. The standard InChI is InChI=1S/C22H22N4O6/c1-12-24-17-7-2-13(10-16(17)21(30)25-12)11-23-15-5-3-14(4-6-15)20(29)26-18(22(31)32)8-9-19(27)28/h2-7,10,18,23H,8-9,11H2,1H3,(H,26,29)(H,27,28)(H,31,32)(H,24,25,30). The third-order valence-corrected chi connectivity index (χ3v) is 4.78. The number of nitrogens with zero attached hydrogens (tertiary/aromatic N) is 1. The van der Waals surface area contributed by atoms with Crippen LogP contribution < -0.4 is 16.2 Å². The maximum absolute atomic E-state index is 12.3. The molecule has 32 heavy (non-hydrogen) atoms. The first-order valence-electron chi connectivity index (χ1n) is 9.82. The maximum Gasteiger partial charge on any atom is 0.326 e. The lowest BCUT2D eigenvalue weighted by Gasteiger charge is -2.14. The van der Waals surface area contributed by atoms with Crippen LogP contribution in [0.2, 0.25) is 0 Å². The number of anilines is 1. The molecule has 0 saturated carbocycles. The first kappa shape index (κ1) is 22.5. The zero-order chi connectivity index (χ0) is 23.3.